The molecule has 3 atom stereocenters. The van der Waals surface area contributed by atoms with Crippen LogP contribution in [-0.4, -0.2) is 63.8 Å². The fourth-order valence-electron chi connectivity index (χ4n) is 5.25. The Hall–Kier alpha value is -2.84. The number of benzene rings is 1. The predicted molar refractivity (Wildman–Crippen MR) is 117 cm³/mol. The molecular weight excluding hydrogens is 410 g/mol. The van der Waals surface area contributed by atoms with Gasteiger partial charge in [0.05, 0.1) is 18.9 Å². The second kappa shape index (κ2) is 9.75. The summed E-state index contributed by atoms with van der Waals surface area (Å²) >= 11 is 0. The van der Waals surface area contributed by atoms with Gasteiger partial charge in [0.1, 0.15) is 11.3 Å². The van der Waals surface area contributed by atoms with E-state index in [1.54, 1.807) is 28.2 Å². The summed E-state index contributed by atoms with van der Waals surface area (Å²) in [5.74, 6) is 0.0645. The standard InChI is InChI=1S/C24H31N3O5/c28-13-12-26-11-5-4-10-24(22(26)30)15-19(17-29)21(20-9-6-14-32-20)27(24)23(31)25-16-18-7-2-1-3-8-18/h1-3,6-9,14,19,21,28-29H,4-5,10-13,15-17H2,(H,25,31)/t19-,21-,24+/m1/s1. The van der Waals surface area contributed by atoms with Gasteiger partial charge in [-0.25, -0.2) is 4.79 Å². The van der Waals surface area contributed by atoms with Crippen LogP contribution in [0.1, 0.15) is 43.0 Å². The molecule has 2 aliphatic rings. The van der Waals surface area contributed by atoms with E-state index in [9.17, 15) is 19.8 Å². The van der Waals surface area contributed by atoms with Crippen molar-refractivity contribution < 1.29 is 24.2 Å². The SMILES string of the molecule is O=C(NCc1ccccc1)N1[C@@H](c2ccco2)[C@@H](CO)C[C@]12CCCCN(CCO)C2=O. The van der Waals surface area contributed by atoms with Gasteiger partial charge in [-0.2, -0.15) is 0 Å². The van der Waals surface area contributed by atoms with Crippen LogP contribution in [0.4, 0.5) is 4.79 Å². The van der Waals surface area contributed by atoms with Gasteiger partial charge in [0.2, 0.25) is 5.91 Å². The zero-order valence-electron chi connectivity index (χ0n) is 18.2. The number of carbonyl (C=O) groups is 2. The van der Waals surface area contributed by atoms with Crippen LogP contribution in [-0.2, 0) is 11.3 Å². The lowest BCUT2D eigenvalue weighted by Gasteiger charge is -2.40. The first-order valence-electron chi connectivity index (χ1n) is 11.3. The van der Waals surface area contributed by atoms with Gasteiger partial charge in [-0.15, -0.1) is 0 Å². The number of amides is 3. The highest BCUT2D eigenvalue weighted by molar-refractivity contribution is 5.92. The molecule has 2 aromatic rings. The quantitative estimate of drug-likeness (QED) is 0.638. The van der Waals surface area contributed by atoms with Gasteiger partial charge in [0.25, 0.3) is 0 Å². The number of nitrogens with one attached hydrogen (secondary N) is 1. The lowest BCUT2D eigenvalue weighted by molar-refractivity contribution is -0.142. The Kier molecular flexibility index (Phi) is 6.81. The largest absolute Gasteiger partial charge is 0.467 e. The lowest BCUT2D eigenvalue weighted by atomic mass is 9.86. The Labute approximate surface area is 187 Å². The molecule has 2 fully saturated rings. The van der Waals surface area contributed by atoms with Crippen LogP contribution in [0.15, 0.2) is 53.1 Å². The Morgan fingerprint density at radius 2 is 1.97 bits per heavy atom. The van der Waals surface area contributed by atoms with E-state index in [0.717, 1.165) is 18.4 Å². The van der Waals surface area contributed by atoms with Crippen molar-refractivity contribution in [1.82, 2.24) is 15.1 Å². The van der Waals surface area contributed by atoms with Crippen molar-refractivity contribution >= 4 is 11.9 Å². The predicted octanol–water partition coefficient (Wildman–Crippen LogP) is 2.29. The Morgan fingerprint density at radius 1 is 1.16 bits per heavy atom. The topological polar surface area (TPSA) is 106 Å². The first-order chi connectivity index (χ1) is 15.6. The molecular formula is C24H31N3O5. The van der Waals surface area contributed by atoms with Gasteiger partial charge in [-0.3, -0.25) is 9.69 Å². The van der Waals surface area contributed by atoms with Crippen LogP contribution in [0.25, 0.3) is 0 Å². The molecule has 8 heteroatoms. The molecule has 3 amide bonds. The van der Waals surface area contributed by atoms with Crippen LogP contribution in [0.5, 0.6) is 0 Å². The molecule has 8 nitrogen and oxygen atoms in total. The van der Waals surface area contributed by atoms with Crippen molar-refractivity contribution in [2.75, 3.05) is 26.3 Å². The lowest BCUT2D eigenvalue weighted by Crippen LogP contribution is -2.60. The fourth-order valence-corrected chi connectivity index (χ4v) is 5.25. The zero-order chi connectivity index (χ0) is 22.6. The minimum absolute atomic E-state index is 0.132. The summed E-state index contributed by atoms with van der Waals surface area (Å²) in [5, 5.41) is 22.7. The maximum Gasteiger partial charge on any atom is 0.319 e. The molecule has 0 radical (unpaired) electrons. The first kappa shape index (κ1) is 22.4. The number of β-amino-alcohol motifs (C(OH)–C–C–N with tert-alkyl or cyclic N) is 1. The molecule has 172 valence electrons. The van der Waals surface area contributed by atoms with Crippen LogP contribution < -0.4 is 5.32 Å². The fraction of sp³-hybridized carbons (Fsp3) is 0.500. The van der Waals surface area contributed by atoms with E-state index >= 15 is 0 Å². The maximum absolute atomic E-state index is 13.8. The molecule has 0 saturated carbocycles. The summed E-state index contributed by atoms with van der Waals surface area (Å²) in [7, 11) is 0. The number of furan rings is 1. The summed E-state index contributed by atoms with van der Waals surface area (Å²) in [5.41, 5.74) is -0.131. The average molecular weight is 442 g/mol. The number of hydrogen-bond acceptors (Lipinski definition) is 5. The van der Waals surface area contributed by atoms with E-state index in [0.29, 0.717) is 31.7 Å². The number of aliphatic hydroxyl groups is 2. The molecule has 1 spiro atoms. The Bertz CT molecular complexity index is 904. The number of hydrogen-bond donors (Lipinski definition) is 3. The average Bonchev–Trinajstić information content (AvgIpc) is 3.42. The van der Waals surface area contributed by atoms with Crippen LogP contribution in [0.2, 0.25) is 0 Å². The highest BCUT2D eigenvalue weighted by Crippen LogP contribution is 2.50. The molecule has 0 bridgehead atoms. The number of carbonyl (C=O) groups excluding carboxylic acids is 2. The monoisotopic (exact) mass is 441 g/mol. The molecule has 32 heavy (non-hydrogen) atoms. The normalized spacial score (nSPS) is 25.9. The molecule has 1 aromatic carbocycles. The van der Waals surface area contributed by atoms with Crippen LogP contribution in [0, 0.1) is 5.92 Å². The summed E-state index contributed by atoms with van der Waals surface area (Å²) in [6, 6.07) is 12.2. The van der Waals surface area contributed by atoms with Gasteiger partial charge in [-0.05, 0) is 43.4 Å². The van der Waals surface area contributed by atoms with E-state index < -0.39 is 11.6 Å². The third-order valence-corrected chi connectivity index (χ3v) is 6.68. The van der Waals surface area contributed by atoms with Gasteiger partial charge in [0.15, 0.2) is 0 Å². The van der Waals surface area contributed by atoms with Gasteiger partial charge in [0, 0.05) is 32.2 Å². The minimum atomic E-state index is -1.09. The molecule has 3 N–H and O–H groups in total. The first-order valence-corrected chi connectivity index (χ1v) is 11.3. The molecule has 4 rings (SSSR count). The maximum atomic E-state index is 13.8. The van der Waals surface area contributed by atoms with Crippen LogP contribution >= 0.6 is 0 Å². The minimum Gasteiger partial charge on any atom is -0.467 e. The van der Waals surface area contributed by atoms with E-state index in [1.165, 1.54) is 0 Å². The van der Waals surface area contributed by atoms with Crippen molar-refractivity contribution in [3.05, 3.63) is 60.1 Å². The van der Waals surface area contributed by atoms with Crippen molar-refractivity contribution in [2.24, 2.45) is 5.92 Å². The van der Waals surface area contributed by atoms with E-state index in [2.05, 4.69) is 5.32 Å². The number of urea groups is 1. The highest BCUT2D eigenvalue weighted by atomic mass is 16.3. The van der Waals surface area contributed by atoms with Gasteiger partial charge >= 0.3 is 6.03 Å². The smallest absolute Gasteiger partial charge is 0.319 e. The second-order valence-corrected chi connectivity index (χ2v) is 8.63. The molecule has 0 unspecified atom stereocenters. The zero-order valence-corrected chi connectivity index (χ0v) is 18.2. The van der Waals surface area contributed by atoms with E-state index in [-0.39, 0.29) is 37.6 Å². The third-order valence-electron chi connectivity index (χ3n) is 6.68. The number of aliphatic hydroxyl groups excluding tert-OH is 2. The molecule has 3 heterocycles. The van der Waals surface area contributed by atoms with Crippen LogP contribution in [0.3, 0.4) is 0 Å². The number of nitrogens with zero attached hydrogens (tertiary/aromatic N) is 2. The Morgan fingerprint density at radius 3 is 2.66 bits per heavy atom. The molecule has 0 aliphatic carbocycles. The highest BCUT2D eigenvalue weighted by Gasteiger charge is 2.60. The van der Waals surface area contributed by atoms with E-state index in [4.69, 9.17) is 4.42 Å². The number of rotatable bonds is 6. The molecule has 1 aromatic heterocycles. The molecule has 2 aliphatic heterocycles. The van der Waals surface area contributed by atoms with Gasteiger partial charge in [-0.1, -0.05) is 30.3 Å². The summed E-state index contributed by atoms with van der Waals surface area (Å²) < 4.78 is 5.67. The second-order valence-electron chi connectivity index (χ2n) is 8.63. The van der Waals surface area contributed by atoms with Crippen molar-refractivity contribution in [3.63, 3.8) is 0 Å². The summed E-state index contributed by atoms with van der Waals surface area (Å²) in [6.45, 7) is 0.816. The summed E-state index contributed by atoms with van der Waals surface area (Å²) in [6.07, 6.45) is 4.00. The Balaban J connectivity index is 1.71. The number of likely N-dealkylation sites (tertiary alicyclic amines) is 2. The van der Waals surface area contributed by atoms with Crippen molar-refractivity contribution in [2.45, 2.75) is 43.8 Å². The van der Waals surface area contributed by atoms with Gasteiger partial charge < -0.3 is 24.8 Å². The molecule has 2 saturated heterocycles. The van der Waals surface area contributed by atoms with Crippen molar-refractivity contribution in [1.29, 1.82) is 0 Å². The van der Waals surface area contributed by atoms with Crippen molar-refractivity contribution in [3.8, 4) is 0 Å². The summed E-state index contributed by atoms with van der Waals surface area (Å²) in [4.78, 5) is 30.7. The van der Waals surface area contributed by atoms with E-state index in [1.807, 2.05) is 30.3 Å². The third kappa shape index (κ3) is 4.12.